The van der Waals surface area contributed by atoms with Crippen LogP contribution >= 0.6 is 0 Å². The summed E-state index contributed by atoms with van der Waals surface area (Å²) in [5.74, 6) is 3.41. The normalized spacial score (nSPS) is 35.5. The fourth-order valence-electron chi connectivity index (χ4n) is 6.34. The van der Waals surface area contributed by atoms with E-state index in [1.807, 2.05) is 0 Å². The first-order valence-corrected chi connectivity index (χ1v) is 10.4. The second-order valence-corrected chi connectivity index (χ2v) is 8.81. The molecule has 0 N–H and O–H groups in total. The van der Waals surface area contributed by atoms with Gasteiger partial charge in [-0.25, -0.2) is 0 Å². The average molecular weight is 359 g/mol. The second-order valence-electron chi connectivity index (χ2n) is 8.81. The molecule has 0 aromatic heterocycles. The number of ether oxygens (including phenoxy) is 3. The molecule has 0 heterocycles. The predicted octanol–water partition coefficient (Wildman–Crippen LogP) is 4.97. The van der Waals surface area contributed by atoms with E-state index in [9.17, 15) is 0 Å². The van der Waals surface area contributed by atoms with Crippen molar-refractivity contribution >= 4 is 0 Å². The highest BCUT2D eigenvalue weighted by Crippen LogP contribution is 2.61. The highest BCUT2D eigenvalue weighted by molar-refractivity contribution is 5.40. The lowest BCUT2D eigenvalue weighted by Crippen LogP contribution is -2.44. The summed E-state index contributed by atoms with van der Waals surface area (Å²) in [6, 6.07) is 6.78. The Morgan fingerprint density at radius 1 is 1.08 bits per heavy atom. The van der Waals surface area contributed by atoms with Crippen molar-refractivity contribution in [2.24, 2.45) is 17.3 Å². The van der Waals surface area contributed by atoms with Gasteiger partial charge in [0.2, 0.25) is 0 Å². The molecule has 5 atom stereocenters. The van der Waals surface area contributed by atoms with E-state index < -0.39 is 0 Å². The molecule has 0 bridgehead atoms. The molecule has 0 radical (unpaired) electrons. The minimum Gasteiger partial charge on any atom is -0.497 e. The number of aryl methyl sites for hydroxylation is 1. The predicted molar refractivity (Wildman–Crippen MR) is 104 cm³/mol. The molecule has 3 heteroatoms. The standard InChI is InChI=1S/C23H34O3/c1-23-12-11-19-18-8-6-17(25-3)15-16(18)5-7-20(19)21(23)9-10-22(23)26-14-4-13-24-2/h6,8,15,19-22H,4-5,7,9-14H2,1-3H3. The van der Waals surface area contributed by atoms with Gasteiger partial charge in [0.25, 0.3) is 0 Å². The molecule has 2 saturated carbocycles. The van der Waals surface area contributed by atoms with Gasteiger partial charge in [-0.05, 0) is 91.4 Å². The summed E-state index contributed by atoms with van der Waals surface area (Å²) in [7, 11) is 3.54. The number of rotatable bonds is 6. The summed E-state index contributed by atoms with van der Waals surface area (Å²) in [5, 5.41) is 0. The molecular weight excluding hydrogens is 324 g/mol. The molecule has 1 aromatic carbocycles. The van der Waals surface area contributed by atoms with Crippen LogP contribution in [-0.2, 0) is 15.9 Å². The van der Waals surface area contributed by atoms with Crippen LogP contribution in [0.25, 0.3) is 0 Å². The maximum Gasteiger partial charge on any atom is 0.119 e. The van der Waals surface area contributed by atoms with Crippen LogP contribution < -0.4 is 4.74 Å². The average Bonchev–Trinajstić information content (AvgIpc) is 3.01. The van der Waals surface area contributed by atoms with Crippen LogP contribution in [0.2, 0.25) is 0 Å². The summed E-state index contributed by atoms with van der Waals surface area (Å²) in [5.41, 5.74) is 3.51. The van der Waals surface area contributed by atoms with Gasteiger partial charge < -0.3 is 14.2 Å². The second kappa shape index (κ2) is 7.52. The zero-order valence-corrected chi connectivity index (χ0v) is 16.6. The molecule has 3 aliphatic rings. The van der Waals surface area contributed by atoms with E-state index in [1.165, 1.54) is 44.1 Å². The largest absolute Gasteiger partial charge is 0.497 e. The van der Waals surface area contributed by atoms with Gasteiger partial charge in [0.1, 0.15) is 5.75 Å². The molecule has 0 saturated heterocycles. The summed E-state index contributed by atoms with van der Waals surface area (Å²) in [4.78, 5) is 0. The third-order valence-corrected chi connectivity index (χ3v) is 7.66. The topological polar surface area (TPSA) is 27.7 Å². The minimum absolute atomic E-state index is 0.373. The Balaban J connectivity index is 1.49. The highest BCUT2D eigenvalue weighted by Gasteiger charge is 2.55. The van der Waals surface area contributed by atoms with Crippen LogP contribution in [0.1, 0.15) is 62.5 Å². The number of benzene rings is 1. The summed E-state index contributed by atoms with van der Waals surface area (Å²) < 4.78 is 17.0. The van der Waals surface area contributed by atoms with Gasteiger partial charge in [-0.3, -0.25) is 0 Å². The fourth-order valence-corrected chi connectivity index (χ4v) is 6.34. The van der Waals surface area contributed by atoms with E-state index in [0.29, 0.717) is 11.5 Å². The molecule has 2 fully saturated rings. The Hall–Kier alpha value is -1.06. The number of hydrogen-bond acceptors (Lipinski definition) is 3. The first-order chi connectivity index (χ1) is 12.7. The Kier molecular flexibility index (Phi) is 5.29. The van der Waals surface area contributed by atoms with E-state index in [-0.39, 0.29) is 0 Å². The zero-order chi connectivity index (χ0) is 18.1. The molecule has 26 heavy (non-hydrogen) atoms. The van der Waals surface area contributed by atoms with Gasteiger partial charge in [-0.2, -0.15) is 0 Å². The summed E-state index contributed by atoms with van der Waals surface area (Å²) in [6.07, 6.45) is 9.21. The molecule has 4 rings (SSSR count). The Labute approximate surface area is 158 Å². The maximum atomic E-state index is 6.36. The molecule has 144 valence electrons. The van der Waals surface area contributed by atoms with Crippen LogP contribution in [-0.4, -0.2) is 33.5 Å². The molecule has 0 aliphatic heterocycles. The SMILES string of the molecule is COCCCOC1CCC2C3CCc4cc(OC)ccc4C3CCC12C. The van der Waals surface area contributed by atoms with Gasteiger partial charge in [0.05, 0.1) is 13.2 Å². The van der Waals surface area contributed by atoms with Crippen molar-refractivity contribution in [2.45, 2.75) is 63.9 Å². The van der Waals surface area contributed by atoms with E-state index in [0.717, 1.165) is 43.1 Å². The first kappa shape index (κ1) is 18.3. The highest BCUT2D eigenvalue weighted by atomic mass is 16.5. The molecule has 0 spiro atoms. The molecule has 3 aliphatic carbocycles. The van der Waals surface area contributed by atoms with Gasteiger partial charge in [0.15, 0.2) is 0 Å². The lowest BCUT2D eigenvalue weighted by Gasteiger charge is -2.50. The van der Waals surface area contributed by atoms with E-state index in [1.54, 1.807) is 19.8 Å². The molecule has 3 nitrogen and oxygen atoms in total. The van der Waals surface area contributed by atoms with E-state index >= 15 is 0 Å². The molecule has 1 aromatic rings. The fraction of sp³-hybridized carbons (Fsp3) is 0.739. The number of hydrogen-bond donors (Lipinski definition) is 0. The Bertz CT molecular complexity index is 628. The molecule has 5 unspecified atom stereocenters. The Morgan fingerprint density at radius 2 is 1.96 bits per heavy atom. The smallest absolute Gasteiger partial charge is 0.119 e. The van der Waals surface area contributed by atoms with Crippen LogP contribution in [0.15, 0.2) is 18.2 Å². The van der Waals surface area contributed by atoms with Gasteiger partial charge >= 0.3 is 0 Å². The van der Waals surface area contributed by atoms with Crippen molar-refractivity contribution in [3.05, 3.63) is 29.3 Å². The van der Waals surface area contributed by atoms with Crippen LogP contribution in [0, 0.1) is 17.3 Å². The molecular formula is C23H34O3. The van der Waals surface area contributed by atoms with Crippen molar-refractivity contribution in [3.8, 4) is 5.75 Å². The number of fused-ring (bicyclic) bond motifs is 5. The zero-order valence-electron chi connectivity index (χ0n) is 16.6. The van der Waals surface area contributed by atoms with Gasteiger partial charge in [-0.1, -0.05) is 13.0 Å². The van der Waals surface area contributed by atoms with Crippen LogP contribution in [0.3, 0.4) is 0 Å². The van der Waals surface area contributed by atoms with Crippen molar-refractivity contribution in [2.75, 3.05) is 27.4 Å². The monoisotopic (exact) mass is 358 g/mol. The van der Waals surface area contributed by atoms with E-state index in [2.05, 4.69) is 25.1 Å². The first-order valence-electron chi connectivity index (χ1n) is 10.4. The Morgan fingerprint density at radius 3 is 2.77 bits per heavy atom. The van der Waals surface area contributed by atoms with Crippen molar-refractivity contribution in [1.82, 2.24) is 0 Å². The quantitative estimate of drug-likeness (QED) is 0.672. The third-order valence-electron chi connectivity index (χ3n) is 7.66. The summed E-state index contributed by atoms with van der Waals surface area (Å²) >= 11 is 0. The number of methoxy groups -OCH3 is 2. The van der Waals surface area contributed by atoms with E-state index in [4.69, 9.17) is 14.2 Å². The van der Waals surface area contributed by atoms with Crippen molar-refractivity contribution < 1.29 is 14.2 Å². The van der Waals surface area contributed by atoms with Crippen LogP contribution in [0.5, 0.6) is 5.75 Å². The van der Waals surface area contributed by atoms with Gasteiger partial charge in [-0.15, -0.1) is 0 Å². The minimum atomic E-state index is 0.373. The van der Waals surface area contributed by atoms with Gasteiger partial charge in [0, 0.05) is 20.3 Å². The lowest BCUT2D eigenvalue weighted by atomic mass is 9.55. The third kappa shape index (κ3) is 3.07. The summed E-state index contributed by atoms with van der Waals surface area (Å²) in [6.45, 7) is 4.17. The van der Waals surface area contributed by atoms with Crippen LogP contribution in [0.4, 0.5) is 0 Å². The van der Waals surface area contributed by atoms with Crippen molar-refractivity contribution in [1.29, 1.82) is 0 Å². The molecule has 0 amide bonds. The lowest BCUT2D eigenvalue weighted by molar-refractivity contribution is -0.0669. The van der Waals surface area contributed by atoms with Crippen molar-refractivity contribution in [3.63, 3.8) is 0 Å². The maximum absolute atomic E-state index is 6.36.